The predicted molar refractivity (Wildman–Crippen MR) is 275 cm³/mol. The number of thiophene rings is 2. The lowest BCUT2D eigenvalue weighted by molar-refractivity contribution is 0.0780. The Morgan fingerprint density at radius 1 is 0.486 bits per heavy atom. The largest absolute Gasteiger partial charge is 0.386 e. The summed E-state index contributed by atoms with van der Waals surface area (Å²) < 4.78 is 113. The van der Waals surface area contributed by atoms with Gasteiger partial charge in [-0.25, -0.2) is 43.1 Å². The molecule has 0 bridgehead atoms. The van der Waals surface area contributed by atoms with E-state index in [0.29, 0.717) is 13.1 Å². The topological polar surface area (TPSA) is 214 Å². The molecular formula is C48H58N6O10S6. The molecule has 4 aromatic carbocycles. The highest BCUT2D eigenvalue weighted by atomic mass is 32.3. The van der Waals surface area contributed by atoms with Gasteiger partial charge in [0.05, 0.1) is 33.1 Å². The first-order chi connectivity index (χ1) is 33.0. The number of hydrogen-bond acceptors (Lipinski definition) is 14. The predicted octanol–water partition coefficient (Wildman–Crippen LogP) is 5.67. The second kappa shape index (κ2) is 21.7. The summed E-state index contributed by atoms with van der Waals surface area (Å²) in [5.41, 5.74) is 1.18. The van der Waals surface area contributed by atoms with Crippen molar-refractivity contribution in [2.75, 3.05) is 62.2 Å². The average Bonchev–Trinajstić information content (AvgIpc) is 4.11. The molecule has 376 valence electrons. The maximum Gasteiger partial charge on any atom is 0.252 e. The van der Waals surface area contributed by atoms with E-state index in [1.165, 1.54) is 32.9 Å². The summed E-state index contributed by atoms with van der Waals surface area (Å²) >= 11 is 2.32. The van der Waals surface area contributed by atoms with Gasteiger partial charge in [-0.1, -0.05) is 72.8 Å². The summed E-state index contributed by atoms with van der Waals surface area (Å²) in [6.07, 6.45) is 0. The highest BCUT2D eigenvalue weighted by Crippen LogP contribution is 2.31. The monoisotopic (exact) mass is 1070 g/mol. The Morgan fingerprint density at radius 3 is 1.13 bits per heavy atom. The Balaban J connectivity index is 0.000000206. The fourth-order valence-corrected chi connectivity index (χ4v) is 15.5. The van der Waals surface area contributed by atoms with Gasteiger partial charge in [-0.3, -0.25) is 0 Å². The van der Waals surface area contributed by atoms with Crippen LogP contribution in [0.2, 0.25) is 0 Å². The van der Waals surface area contributed by atoms with Crippen LogP contribution >= 0.6 is 22.7 Å². The molecule has 0 amide bonds. The van der Waals surface area contributed by atoms with Gasteiger partial charge in [0.1, 0.15) is 8.42 Å². The number of nitrogens with one attached hydrogen (secondary N) is 2. The second-order valence-corrected chi connectivity index (χ2v) is 27.6. The van der Waals surface area contributed by atoms with Crippen LogP contribution in [0.25, 0.3) is 0 Å². The molecule has 6 aromatic rings. The summed E-state index contributed by atoms with van der Waals surface area (Å²) in [6.45, 7) is 8.47. The quantitative estimate of drug-likeness (QED) is 0.0924. The molecule has 0 unspecified atom stereocenters. The normalized spacial score (nSPS) is 18.0. The molecule has 16 nitrogen and oxygen atoms in total. The molecule has 4 N–H and O–H groups in total. The van der Waals surface area contributed by atoms with Crippen molar-refractivity contribution in [3.8, 4) is 0 Å². The Hall–Kier alpha value is -4.56. The summed E-state index contributed by atoms with van der Waals surface area (Å²) in [6, 6.07) is 36.6. The third-order valence-corrected chi connectivity index (χ3v) is 21.4. The average molecular weight is 1070 g/mol. The molecule has 0 saturated carbocycles. The fraction of sp³-hybridized carbons (Fsp3) is 0.333. The van der Waals surface area contributed by atoms with Crippen molar-refractivity contribution in [3.63, 3.8) is 0 Å². The van der Waals surface area contributed by atoms with E-state index in [-0.39, 0.29) is 57.5 Å². The van der Waals surface area contributed by atoms with Crippen molar-refractivity contribution >= 4 is 74.1 Å². The fourth-order valence-electron chi connectivity index (χ4n) is 8.09. The van der Waals surface area contributed by atoms with Gasteiger partial charge in [0.2, 0.25) is 20.0 Å². The van der Waals surface area contributed by atoms with E-state index >= 15 is 0 Å². The van der Waals surface area contributed by atoms with Crippen LogP contribution in [0.15, 0.2) is 162 Å². The lowest BCUT2D eigenvalue weighted by atomic mass is 9.98. The maximum atomic E-state index is 13.2. The van der Waals surface area contributed by atoms with Crippen LogP contribution < -0.4 is 19.2 Å². The molecule has 2 saturated heterocycles. The summed E-state index contributed by atoms with van der Waals surface area (Å²) in [4.78, 5) is 4.34. The molecule has 2 aliphatic heterocycles. The van der Waals surface area contributed by atoms with Crippen LogP contribution in [0.4, 0.5) is 11.4 Å². The van der Waals surface area contributed by atoms with E-state index in [9.17, 15) is 43.9 Å². The van der Waals surface area contributed by atoms with Crippen molar-refractivity contribution in [2.45, 2.75) is 69.2 Å². The van der Waals surface area contributed by atoms with Gasteiger partial charge in [-0.15, -0.1) is 22.7 Å². The standard InChI is InChI=1S/2C24H29N3O5S3/c2*1-24(2,28)19-10-12-20(13-11-19)27-15-14-26(35(31,32)23-9-6-16-33-23)18-21(27)17-25-34(29,30)22-7-4-3-5-8-22/h2*3-13,16,21,25,28H,14-15,17-18H2,1-2H3/t2*21-/m00/s1. The minimum Gasteiger partial charge on any atom is -0.386 e. The molecule has 22 heteroatoms. The summed E-state index contributed by atoms with van der Waals surface area (Å²) in [5, 5.41) is 24.0. The summed E-state index contributed by atoms with van der Waals surface area (Å²) in [5.74, 6) is 0. The van der Waals surface area contributed by atoms with Crippen molar-refractivity contribution in [1.82, 2.24) is 18.1 Å². The highest BCUT2D eigenvalue weighted by molar-refractivity contribution is 7.91. The van der Waals surface area contributed by atoms with Gasteiger partial charge in [-0.2, -0.15) is 8.61 Å². The van der Waals surface area contributed by atoms with E-state index in [2.05, 4.69) is 9.44 Å². The van der Waals surface area contributed by atoms with Gasteiger partial charge in [0.25, 0.3) is 20.0 Å². The van der Waals surface area contributed by atoms with Gasteiger partial charge < -0.3 is 20.0 Å². The molecule has 4 heterocycles. The van der Waals surface area contributed by atoms with Crippen molar-refractivity contribution in [1.29, 1.82) is 0 Å². The zero-order valence-electron chi connectivity index (χ0n) is 39.1. The van der Waals surface area contributed by atoms with Crippen molar-refractivity contribution < 1.29 is 43.9 Å². The number of benzene rings is 4. The van der Waals surface area contributed by atoms with E-state index in [1.54, 1.807) is 99.1 Å². The van der Waals surface area contributed by atoms with Gasteiger partial charge in [-0.05, 0) is 110 Å². The molecule has 0 aliphatic carbocycles. The third kappa shape index (κ3) is 12.7. The molecule has 0 spiro atoms. The van der Waals surface area contributed by atoms with E-state index < -0.39 is 63.4 Å². The Kier molecular flexibility index (Phi) is 16.5. The minimum atomic E-state index is -3.76. The molecular weight excluding hydrogens is 1010 g/mol. The zero-order valence-corrected chi connectivity index (χ0v) is 44.0. The number of aliphatic hydroxyl groups is 2. The number of piperazine rings is 2. The summed E-state index contributed by atoms with van der Waals surface area (Å²) in [7, 11) is -14.9. The lowest BCUT2D eigenvalue weighted by Gasteiger charge is -2.42. The molecule has 70 heavy (non-hydrogen) atoms. The number of rotatable bonds is 16. The highest BCUT2D eigenvalue weighted by Gasteiger charge is 2.37. The number of nitrogens with zero attached hydrogens (tertiary/aromatic N) is 4. The third-order valence-electron chi connectivity index (χ3n) is 12.0. The van der Waals surface area contributed by atoms with Crippen molar-refractivity contribution in [2.24, 2.45) is 0 Å². The lowest BCUT2D eigenvalue weighted by Crippen LogP contribution is -2.58. The van der Waals surface area contributed by atoms with Crippen LogP contribution in [0.3, 0.4) is 0 Å². The van der Waals surface area contributed by atoms with Gasteiger partial charge in [0, 0.05) is 63.7 Å². The van der Waals surface area contributed by atoms with E-state index in [0.717, 1.165) is 45.2 Å². The first-order valence-electron chi connectivity index (χ1n) is 22.3. The van der Waals surface area contributed by atoms with Crippen LogP contribution in [0.5, 0.6) is 0 Å². The Bertz CT molecular complexity index is 2880. The van der Waals surface area contributed by atoms with Crippen molar-refractivity contribution in [3.05, 3.63) is 155 Å². The number of anilines is 2. The molecule has 2 aliphatic rings. The zero-order chi connectivity index (χ0) is 50.5. The molecule has 8 rings (SSSR count). The Labute approximate surface area is 420 Å². The number of hydrogen-bond donors (Lipinski definition) is 4. The first kappa shape index (κ1) is 53.2. The van der Waals surface area contributed by atoms with Crippen LogP contribution in [0.1, 0.15) is 38.8 Å². The number of sulfonamides is 4. The van der Waals surface area contributed by atoms with Crippen LogP contribution in [-0.2, 0) is 51.3 Å². The Morgan fingerprint density at radius 2 is 0.829 bits per heavy atom. The minimum absolute atomic E-state index is 0.0287. The van der Waals surface area contributed by atoms with Gasteiger partial charge >= 0.3 is 0 Å². The van der Waals surface area contributed by atoms with Gasteiger partial charge in [0.15, 0.2) is 0 Å². The SMILES string of the molecule is CC(C)(O)c1ccc(N2CCN(S(=O)(=O)c3cccs3)C[C@@H]2CNS(=O)(=O)c2ccccc2)cc1.CC(C)(O)c1ccc(N2CCN(S(=O)(=O)c3cccs3)C[C@@H]2CNS(=O)(=O)c2ccccc2)cc1. The van der Waals surface area contributed by atoms with E-state index in [1.807, 2.05) is 58.3 Å². The smallest absolute Gasteiger partial charge is 0.252 e. The van der Waals surface area contributed by atoms with Crippen LogP contribution in [0, 0.1) is 0 Å². The second-order valence-electron chi connectivity index (χ2n) is 17.8. The molecule has 2 fully saturated rings. The van der Waals surface area contributed by atoms with Crippen LogP contribution in [-0.4, -0.2) is 117 Å². The molecule has 2 atom stereocenters. The van der Waals surface area contributed by atoms with E-state index in [4.69, 9.17) is 0 Å². The first-order valence-corrected chi connectivity index (χ1v) is 29.9. The molecule has 0 radical (unpaired) electrons. The maximum absolute atomic E-state index is 13.2. The molecule has 2 aromatic heterocycles.